The highest BCUT2D eigenvalue weighted by molar-refractivity contribution is 8.00. The fourth-order valence-corrected chi connectivity index (χ4v) is 14.8. The fraction of sp³-hybridized carbons (Fsp3) is 0.500. The number of aliphatic hydroxyl groups is 1. The van der Waals surface area contributed by atoms with Crippen molar-refractivity contribution in [3.8, 4) is 0 Å². The number of aromatic amines is 2. The lowest BCUT2D eigenvalue weighted by Gasteiger charge is -2.29. The molecule has 0 unspecified atom stereocenters. The molecule has 122 heavy (non-hydrogen) atoms. The Balaban J connectivity index is 1.27. The number of unbranched alkanes of at least 4 members (excludes halogenated alkanes) is 2. The topological polar surface area (TPSA) is 598 Å². The first-order chi connectivity index (χ1) is 58.2. The van der Waals surface area contributed by atoms with E-state index in [4.69, 9.17) is 22.6 Å². The molecule has 3 heterocycles. The summed E-state index contributed by atoms with van der Waals surface area (Å²) in [6.45, 7) is 10.1. The van der Waals surface area contributed by atoms with Crippen LogP contribution in [0.3, 0.4) is 0 Å². The number of aromatic nitrogens is 2. The second-order valence-electron chi connectivity index (χ2n) is 31.3. The van der Waals surface area contributed by atoms with E-state index in [0.29, 0.717) is 57.8 Å². The zero-order chi connectivity index (χ0) is 89.3. The van der Waals surface area contributed by atoms with Crippen LogP contribution in [0.4, 0.5) is 0 Å². The first-order valence-corrected chi connectivity index (χ1v) is 42.3. The Kier molecular flexibility index (Phi) is 38.4. The van der Waals surface area contributed by atoms with Gasteiger partial charge in [-0.25, -0.2) is 0 Å². The van der Waals surface area contributed by atoms with Crippen molar-refractivity contribution >= 4 is 139 Å². The highest BCUT2D eigenvalue weighted by Crippen LogP contribution is 2.24. The molecule has 0 spiro atoms. The quantitative estimate of drug-likeness (QED) is 0.0190. The van der Waals surface area contributed by atoms with Gasteiger partial charge < -0.3 is 112 Å². The predicted molar refractivity (Wildman–Crippen MR) is 459 cm³/mol. The van der Waals surface area contributed by atoms with Gasteiger partial charge in [0.25, 0.3) is 0 Å². The third-order valence-electron chi connectivity index (χ3n) is 20.9. The van der Waals surface area contributed by atoms with Gasteiger partial charge in [0.15, 0.2) is 5.96 Å². The van der Waals surface area contributed by atoms with Gasteiger partial charge in [-0.1, -0.05) is 147 Å². The van der Waals surface area contributed by atoms with Gasteiger partial charge in [0.05, 0.1) is 25.3 Å². The van der Waals surface area contributed by atoms with Crippen molar-refractivity contribution in [1.82, 2.24) is 84.4 Å². The maximum atomic E-state index is 15.2. The average molecular weight is 1710 g/mol. The van der Waals surface area contributed by atoms with Crippen LogP contribution in [0.15, 0.2) is 103 Å². The number of carboxylic acids is 1. The number of aliphatic carboxylic acids is 1. The second-order valence-corrected chi connectivity index (χ2v) is 32.3. The molecule has 0 aliphatic carbocycles. The predicted octanol–water partition coefficient (Wildman–Crippen LogP) is -0.206. The summed E-state index contributed by atoms with van der Waals surface area (Å²) >= 11 is 0.873. The molecule has 0 radical (unpaired) electrons. The molecule has 7 rings (SSSR count). The van der Waals surface area contributed by atoms with E-state index in [0.717, 1.165) is 22.5 Å². The standard InChI is InChI=1S/C84H118N20O17S/c1-8-10-24-58-75(113)95-59(27-17-18-31-85)76(114)98-63(37-52-40-91-56-26-16-14-23-54(52)56)81(119)103-70(46(5)6)82(120)102-66(72(86)110)43-122-44-68(107)94-60(33-45(3)4)77(115)97-61(35-48-29-30-49-20-11-12-21-50(49)34-48)80(118)104-71(47(7)9-2)83(121)101-65(42-105)73(111)92-41-67(106)93-57(28-19-32-89-84(87)88)74(112)100-64(38-69(108)109)79(117)99-62(78(116)96-58)36-51-39-90-55-25-15-13-22-53(51)55/h11-16,20-23,25-26,29-30,34,39-40,45-47,57-66,70-71,90-91,105H,8-10,17-19,24,27-28,31-33,35-38,41-44,85H2,1-7H3,(H2,86,110)(H,92,111)(H,93,106)(H,94,107)(H,95,113)(H,96,116)(H,97,115)(H,98,114)(H,99,117)(H,100,112)(H,101,121)(H,102,120)(H,103,119)(H,104,118)(H,108,109)(H4,87,88,89)/t47-,57-,58-,59+,60-,61-,62-,63-,64-,65-,66-,70-,71+/m0/s1. The molecule has 1 aliphatic rings. The van der Waals surface area contributed by atoms with Crippen LogP contribution in [-0.2, 0) is 91.2 Å². The molecule has 0 bridgehead atoms. The van der Waals surface area contributed by atoms with Crippen LogP contribution in [0.5, 0.6) is 0 Å². The van der Waals surface area contributed by atoms with E-state index in [9.17, 15) is 63.0 Å². The first kappa shape index (κ1) is 96.9. The summed E-state index contributed by atoms with van der Waals surface area (Å²) in [6.07, 6.45) is 2.76. The van der Waals surface area contributed by atoms with Gasteiger partial charge in [0.2, 0.25) is 82.7 Å². The molecule has 13 atom stereocenters. The number of benzene rings is 4. The van der Waals surface area contributed by atoms with Crippen LogP contribution in [-0.4, -0.2) is 225 Å². The van der Waals surface area contributed by atoms with Crippen molar-refractivity contribution in [1.29, 1.82) is 5.41 Å². The lowest BCUT2D eigenvalue weighted by molar-refractivity contribution is -0.141. The number of para-hydroxylation sites is 2. The number of thioether (sulfide) groups is 1. The van der Waals surface area contributed by atoms with Crippen molar-refractivity contribution in [3.63, 3.8) is 0 Å². The lowest BCUT2D eigenvalue weighted by atomic mass is 9.96. The molecular weight excluding hydrogens is 1590 g/mol. The van der Waals surface area contributed by atoms with Gasteiger partial charge in [-0.2, -0.15) is 0 Å². The number of guanidine groups is 1. The van der Waals surface area contributed by atoms with E-state index >= 15 is 19.2 Å². The van der Waals surface area contributed by atoms with Crippen molar-refractivity contribution in [2.45, 2.75) is 211 Å². The zero-order valence-electron chi connectivity index (χ0n) is 69.8. The SMILES string of the molecule is CCCC[C@@H]1NC(=O)[C@H](Cc2c[nH]c3ccccc23)NC(=O)[C@H](CC(=O)O)NC(=O)[C@H](CCCNC(=N)N)NC(=O)CNC(=O)[C@H](CO)NC(=O)[C@@H]([C@@H](C)CC)NC(=O)[C@H](Cc2ccc3ccccc3c2)NC(=O)[C@H](CC(C)C)NC(=O)CSC[C@@H](C(N)=O)NC(=O)[C@H](C(C)C)NC(=O)[C@H](Cc2c[nH]c3ccccc23)NC(=O)[C@@H](CCCCN)NC1=O. The second kappa shape index (κ2) is 48.3. The number of amides is 14. The van der Waals surface area contributed by atoms with E-state index in [1.807, 2.05) is 43.3 Å². The monoisotopic (exact) mass is 1710 g/mol. The van der Waals surface area contributed by atoms with Crippen LogP contribution in [0.25, 0.3) is 32.6 Å². The molecule has 38 heteroatoms. The summed E-state index contributed by atoms with van der Waals surface area (Å²) in [5.74, 6) is -17.8. The summed E-state index contributed by atoms with van der Waals surface area (Å²) in [5.41, 5.74) is 20.3. The van der Waals surface area contributed by atoms with Gasteiger partial charge in [-0.3, -0.25) is 77.3 Å². The molecule has 14 amide bonds. The van der Waals surface area contributed by atoms with E-state index in [1.54, 1.807) is 109 Å². The number of nitrogens with two attached hydrogens (primary N) is 3. The number of hydrogen-bond acceptors (Lipinski definition) is 19. The number of nitrogens with one attached hydrogen (secondary N) is 17. The van der Waals surface area contributed by atoms with Gasteiger partial charge in [-0.05, 0) is 109 Å². The number of carbonyl (C=O) groups excluding carboxylic acids is 14. The number of H-pyrrole nitrogens is 2. The Bertz CT molecular complexity index is 4670. The minimum Gasteiger partial charge on any atom is -0.481 e. The molecule has 6 aromatic rings. The zero-order valence-corrected chi connectivity index (χ0v) is 70.6. The van der Waals surface area contributed by atoms with Crippen molar-refractivity contribution in [2.24, 2.45) is 35.0 Å². The number of fused-ring (bicyclic) bond motifs is 3. The number of hydrogen-bond donors (Lipinski definition) is 22. The van der Waals surface area contributed by atoms with E-state index in [1.165, 1.54) is 0 Å². The number of rotatable bonds is 26. The van der Waals surface area contributed by atoms with E-state index in [-0.39, 0.29) is 89.0 Å². The molecule has 1 saturated heterocycles. The van der Waals surface area contributed by atoms with Gasteiger partial charge in [0, 0.05) is 65.8 Å². The van der Waals surface area contributed by atoms with Crippen LogP contribution in [0, 0.1) is 23.2 Å². The Morgan fingerprint density at radius 1 is 0.508 bits per heavy atom. The summed E-state index contributed by atoms with van der Waals surface area (Å²) in [4.78, 5) is 223. The van der Waals surface area contributed by atoms with Gasteiger partial charge >= 0.3 is 5.97 Å². The minimum atomic E-state index is -2.00. The minimum absolute atomic E-state index is 0.0102. The maximum absolute atomic E-state index is 15.2. The Hall–Kier alpha value is -12.2. The fourth-order valence-electron chi connectivity index (χ4n) is 13.9. The van der Waals surface area contributed by atoms with Crippen LogP contribution < -0.4 is 91.6 Å². The highest BCUT2D eigenvalue weighted by Gasteiger charge is 2.39. The normalized spacial score (nSPS) is 23.1. The Morgan fingerprint density at radius 3 is 1.52 bits per heavy atom. The van der Waals surface area contributed by atoms with Gasteiger partial charge in [-0.15, -0.1) is 11.8 Å². The molecule has 2 aromatic heterocycles. The van der Waals surface area contributed by atoms with Crippen LogP contribution >= 0.6 is 11.8 Å². The number of primary amides is 1. The Labute approximate surface area is 711 Å². The van der Waals surface area contributed by atoms with Crippen molar-refractivity contribution in [3.05, 3.63) is 120 Å². The number of carbonyl (C=O) groups is 15. The number of aliphatic hydroxyl groups excluding tert-OH is 1. The summed E-state index contributed by atoms with van der Waals surface area (Å²) in [6, 6.07) is 8.32. The molecular formula is C84H118N20O17S. The van der Waals surface area contributed by atoms with E-state index < -0.39 is 204 Å². The Morgan fingerprint density at radius 2 is 0.984 bits per heavy atom. The largest absolute Gasteiger partial charge is 0.481 e. The number of carboxylic acid groups (broad SMARTS) is 1. The highest BCUT2D eigenvalue weighted by atomic mass is 32.2. The van der Waals surface area contributed by atoms with Crippen LogP contribution in [0.2, 0.25) is 0 Å². The third kappa shape index (κ3) is 29.9. The molecule has 4 aromatic carbocycles. The molecule has 662 valence electrons. The molecule has 1 aliphatic heterocycles. The molecule has 1 fully saturated rings. The summed E-state index contributed by atoms with van der Waals surface area (Å²) < 4.78 is 0. The van der Waals surface area contributed by atoms with E-state index in [2.05, 4.69) is 84.4 Å². The lowest BCUT2D eigenvalue weighted by Crippen LogP contribution is -2.61. The summed E-state index contributed by atoms with van der Waals surface area (Å²) in [7, 11) is 0. The van der Waals surface area contributed by atoms with Crippen LogP contribution in [0.1, 0.15) is 136 Å². The molecule has 25 N–H and O–H groups in total. The first-order valence-electron chi connectivity index (χ1n) is 41.2. The van der Waals surface area contributed by atoms with Crippen molar-refractivity contribution < 1.29 is 82.1 Å². The van der Waals surface area contributed by atoms with Crippen molar-refractivity contribution in [2.75, 3.05) is 37.7 Å². The third-order valence-corrected chi connectivity index (χ3v) is 21.9. The smallest absolute Gasteiger partial charge is 0.305 e. The molecule has 0 saturated carbocycles. The van der Waals surface area contributed by atoms with Gasteiger partial charge in [0.1, 0.15) is 72.5 Å². The summed E-state index contributed by atoms with van der Waals surface area (Å²) in [5, 5.41) is 68.2. The maximum Gasteiger partial charge on any atom is 0.305 e. The molecule has 37 nitrogen and oxygen atoms in total. The average Bonchev–Trinajstić information content (AvgIpc) is 1.79.